The molecule has 1 N–H and O–H groups in total. The highest BCUT2D eigenvalue weighted by Gasteiger charge is 2.16. The van der Waals surface area contributed by atoms with Crippen LogP contribution in [0.4, 0.5) is 0 Å². The Kier molecular flexibility index (Phi) is 36.7. The second kappa shape index (κ2) is 24.6. The summed E-state index contributed by atoms with van der Waals surface area (Å²) < 4.78 is 0. The van der Waals surface area contributed by atoms with E-state index in [2.05, 4.69) is 27.7 Å². The molecule has 2 atom stereocenters. The maximum Gasteiger partial charge on any atom is 0.306 e. The van der Waals surface area contributed by atoms with E-state index in [1.54, 1.807) is 6.92 Å². The topological polar surface area (TPSA) is 37.3 Å². The van der Waals surface area contributed by atoms with E-state index in [4.69, 9.17) is 5.11 Å². The van der Waals surface area contributed by atoms with Crippen LogP contribution in [0.5, 0.6) is 0 Å². The van der Waals surface area contributed by atoms with E-state index in [1.807, 2.05) is 27.7 Å². The first-order valence-electron chi connectivity index (χ1n) is 7.15. The smallest absolute Gasteiger partial charge is 0.306 e. The molecular formula is C15H36O2. The molecule has 0 aliphatic rings. The normalized spacial score (nSPS) is 11.4. The van der Waals surface area contributed by atoms with Crippen LogP contribution >= 0.6 is 0 Å². The molecule has 0 rings (SSSR count). The molecule has 0 saturated heterocycles. The fourth-order valence-electron chi connectivity index (χ4n) is 0.597. The Labute approximate surface area is 110 Å². The van der Waals surface area contributed by atoms with Gasteiger partial charge in [-0.1, -0.05) is 81.6 Å². The molecule has 0 fully saturated rings. The van der Waals surface area contributed by atoms with Crippen LogP contribution in [-0.2, 0) is 4.79 Å². The van der Waals surface area contributed by atoms with Gasteiger partial charge in [0.15, 0.2) is 0 Å². The molecule has 17 heavy (non-hydrogen) atoms. The van der Waals surface area contributed by atoms with Crippen LogP contribution in [0.25, 0.3) is 0 Å². The predicted octanol–water partition coefficient (Wildman–Crippen LogP) is 5.61. The van der Waals surface area contributed by atoms with Crippen LogP contribution in [0.3, 0.4) is 0 Å². The number of carboxylic acid groups (broad SMARTS) is 1. The van der Waals surface area contributed by atoms with Crippen LogP contribution in [-0.4, -0.2) is 11.1 Å². The molecule has 0 aromatic rings. The summed E-state index contributed by atoms with van der Waals surface area (Å²) in [4.78, 5) is 10.3. The SMILES string of the molecule is CC.CCC.CCC.CC[C@H](C)[C@H](C)C(=O)O. The van der Waals surface area contributed by atoms with Crippen molar-refractivity contribution in [2.75, 3.05) is 0 Å². The molecule has 0 spiro atoms. The molecule has 0 saturated carbocycles. The number of aliphatic carboxylic acids is 1. The largest absolute Gasteiger partial charge is 0.481 e. The Morgan fingerprint density at radius 1 is 0.941 bits per heavy atom. The Bertz CT molecular complexity index is 120. The van der Waals surface area contributed by atoms with Crippen LogP contribution in [0.1, 0.15) is 81.6 Å². The lowest BCUT2D eigenvalue weighted by Gasteiger charge is -2.11. The van der Waals surface area contributed by atoms with Gasteiger partial charge >= 0.3 is 5.97 Å². The highest BCUT2D eigenvalue weighted by molar-refractivity contribution is 5.69. The number of carbonyl (C=O) groups is 1. The molecule has 108 valence electrons. The molecule has 2 nitrogen and oxygen atoms in total. The van der Waals surface area contributed by atoms with Crippen molar-refractivity contribution in [2.24, 2.45) is 11.8 Å². The second-order valence-corrected chi connectivity index (χ2v) is 3.93. The van der Waals surface area contributed by atoms with Gasteiger partial charge in [-0.05, 0) is 5.92 Å². The third-order valence-corrected chi connectivity index (χ3v) is 1.89. The molecule has 2 heteroatoms. The summed E-state index contributed by atoms with van der Waals surface area (Å²) in [6.07, 6.45) is 3.44. The molecule has 0 unspecified atom stereocenters. The Morgan fingerprint density at radius 3 is 1.24 bits per heavy atom. The van der Waals surface area contributed by atoms with Gasteiger partial charge in [0.05, 0.1) is 5.92 Å². The number of rotatable bonds is 3. The molecule has 0 bridgehead atoms. The molecule has 0 heterocycles. The Hall–Kier alpha value is -0.530. The van der Waals surface area contributed by atoms with E-state index in [0.29, 0.717) is 5.92 Å². The lowest BCUT2D eigenvalue weighted by atomic mass is 9.94. The maximum atomic E-state index is 10.3. The first-order valence-corrected chi connectivity index (χ1v) is 7.15. The minimum absolute atomic E-state index is 0.199. The quantitative estimate of drug-likeness (QED) is 0.704. The minimum atomic E-state index is -0.690. The average Bonchev–Trinajstić information content (AvgIpc) is 2.31. The van der Waals surface area contributed by atoms with Crippen LogP contribution < -0.4 is 0 Å². The third-order valence-electron chi connectivity index (χ3n) is 1.89. The van der Waals surface area contributed by atoms with Gasteiger partial charge in [-0.25, -0.2) is 0 Å². The van der Waals surface area contributed by atoms with Crippen LogP contribution in [0.2, 0.25) is 0 Å². The first-order chi connectivity index (χ1) is 7.92. The molecule has 0 amide bonds. The fraction of sp³-hybridized carbons (Fsp3) is 0.933. The van der Waals surface area contributed by atoms with Gasteiger partial charge in [0.1, 0.15) is 0 Å². The van der Waals surface area contributed by atoms with E-state index in [0.717, 1.165) is 6.42 Å². The van der Waals surface area contributed by atoms with E-state index >= 15 is 0 Å². The average molecular weight is 248 g/mol. The standard InChI is InChI=1S/C7H14O2.2C3H8.C2H6/c1-4-5(2)6(3)7(8)9;2*1-3-2;1-2/h5-6H,4H2,1-3H3,(H,8,9);2*3H2,1-2H3;1-2H3/t5-,6-;;;/m0.../s1. The van der Waals surface area contributed by atoms with Crippen molar-refractivity contribution in [1.29, 1.82) is 0 Å². The van der Waals surface area contributed by atoms with E-state index in [-0.39, 0.29) is 5.92 Å². The molecule has 0 aromatic heterocycles. The van der Waals surface area contributed by atoms with Crippen LogP contribution in [0, 0.1) is 11.8 Å². The zero-order valence-electron chi connectivity index (χ0n) is 13.6. The van der Waals surface area contributed by atoms with Crippen molar-refractivity contribution < 1.29 is 9.90 Å². The summed E-state index contributed by atoms with van der Waals surface area (Å²) in [6, 6.07) is 0. The molecule has 0 aliphatic carbocycles. The predicted molar refractivity (Wildman–Crippen MR) is 79.5 cm³/mol. The van der Waals surface area contributed by atoms with Crippen LogP contribution in [0.15, 0.2) is 0 Å². The zero-order chi connectivity index (χ0) is 14.9. The zero-order valence-corrected chi connectivity index (χ0v) is 13.6. The Balaban J connectivity index is -0.0000000879. The molecule has 0 radical (unpaired) electrons. The van der Waals surface area contributed by atoms with Gasteiger partial charge in [0.25, 0.3) is 0 Å². The molecular weight excluding hydrogens is 212 g/mol. The highest BCUT2D eigenvalue weighted by atomic mass is 16.4. The lowest BCUT2D eigenvalue weighted by molar-refractivity contribution is -0.142. The lowest BCUT2D eigenvalue weighted by Crippen LogP contribution is -2.17. The van der Waals surface area contributed by atoms with E-state index in [1.165, 1.54) is 12.8 Å². The summed E-state index contributed by atoms with van der Waals surface area (Å²) in [5, 5.41) is 8.48. The minimum Gasteiger partial charge on any atom is -0.481 e. The van der Waals surface area contributed by atoms with Gasteiger partial charge in [0, 0.05) is 0 Å². The first kappa shape index (κ1) is 25.3. The number of hydrogen-bond acceptors (Lipinski definition) is 1. The molecule has 0 aliphatic heterocycles. The molecule has 0 aromatic carbocycles. The van der Waals surface area contributed by atoms with Crippen molar-refractivity contribution in [3.63, 3.8) is 0 Å². The highest BCUT2D eigenvalue weighted by Crippen LogP contribution is 2.13. The van der Waals surface area contributed by atoms with E-state index < -0.39 is 5.97 Å². The van der Waals surface area contributed by atoms with E-state index in [9.17, 15) is 4.79 Å². The van der Waals surface area contributed by atoms with Crippen molar-refractivity contribution in [3.05, 3.63) is 0 Å². The van der Waals surface area contributed by atoms with Gasteiger partial charge in [0.2, 0.25) is 0 Å². The van der Waals surface area contributed by atoms with Gasteiger partial charge in [-0.2, -0.15) is 0 Å². The van der Waals surface area contributed by atoms with Gasteiger partial charge < -0.3 is 5.11 Å². The summed E-state index contributed by atoms with van der Waals surface area (Å²) in [7, 11) is 0. The summed E-state index contributed by atoms with van der Waals surface area (Å²) in [6.45, 7) is 18.2. The third kappa shape index (κ3) is 31.3. The number of carboxylic acids is 1. The van der Waals surface area contributed by atoms with Crippen molar-refractivity contribution in [3.8, 4) is 0 Å². The summed E-state index contributed by atoms with van der Waals surface area (Å²) >= 11 is 0. The van der Waals surface area contributed by atoms with Gasteiger partial charge in [-0.15, -0.1) is 0 Å². The van der Waals surface area contributed by atoms with Crippen molar-refractivity contribution >= 4 is 5.97 Å². The summed E-state index contributed by atoms with van der Waals surface area (Å²) in [5.41, 5.74) is 0. The fourth-order valence-corrected chi connectivity index (χ4v) is 0.597. The van der Waals surface area contributed by atoms with Crippen molar-refractivity contribution in [2.45, 2.75) is 81.6 Å². The van der Waals surface area contributed by atoms with Gasteiger partial charge in [-0.3, -0.25) is 4.79 Å². The number of hydrogen-bond donors (Lipinski definition) is 1. The second-order valence-electron chi connectivity index (χ2n) is 3.93. The summed E-state index contributed by atoms with van der Waals surface area (Å²) in [5.74, 6) is -0.596. The Morgan fingerprint density at radius 2 is 1.18 bits per heavy atom. The maximum absolute atomic E-state index is 10.3. The van der Waals surface area contributed by atoms with Crippen molar-refractivity contribution in [1.82, 2.24) is 0 Å². The monoisotopic (exact) mass is 248 g/mol.